The van der Waals surface area contributed by atoms with Gasteiger partial charge in [0.05, 0.1) is 11.6 Å². The van der Waals surface area contributed by atoms with Crippen molar-refractivity contribution >= 4 is 0 Å². The molecule has 0 spiro atoms. The number of halogens is 2. The fraction of sp³-hybridized carbons (Fsp3) is 0.100. The molecule has 0 heterocycles. The zero-order chi connectivity index (χ0) is 24.6. The number of benzene rings is 4. The highest BCUT2D eigenvalue weighted by molar-refractivity contribution is 5.37. The van der Waals surface area contributed by atoms with Crippen LogP contribution in [0.15, 0.2) is 84.9 Å². The zero-order valence-corrected chi connectivity index (χ0v) is 18.8. The van der Waals surface area contributed by atoms with Gasteiger partial charge in [0, 0.05) is 16.7 Å². The first-order chi connectivity index (χ1) is 17.0. The van der Waals surface area contributed by atoms with Gasteiger partial charge in [-0.05, 0) is 78.2 Å². The lowest BCUT2D eigenvalue weighted by molar-refractivity contribution is 0.299. The van der Waals surface area contributed by atoms with E-state index in [9.17, 15) is 8.78 Å². The third-order valence-electron chi connectivity index (χ3n) is 5.44. The molecule has 4 rings (SSSR count). The van der Waals surface area contributed by atoms with Crippen molar-refractivity contribution in [3.63, 3.8) is 0 Å². The highest BCUT2D eigenvalue weighted by Gasteiger charge is 2.09. The van der Waals surface area contributed by atoms with Crippen molar-refractivity contribution in [1.82, 2.24) is 0 Å². The molecule has 4 aromatic carbocycles. The van der Waals surface area contributed by atoms with Crippen LogP contribution in [0.5, 0.6) is 11.5 Å². The quantitative estimate of drug-likeness (QED) is 0.277. The van der Waals surface area contributed by atoms with E-state index in [0.29, 0.717) is 34.6 Å². The van der Waals surface area contributed by atoms with Gasteiger partial charge in [0.1, 0.15) is 36.3 Å². The summed E-state index contributed by atoms with van der Waals surface area (Å²) >= 11 is 0. The molecular formula is C30H21F2NO2. The standard InChI is InChI=1S/C30H21F2NO2/c1-2-21-5-11-27(12-6-21)34-19-25-9-3-23(16-29(25)31)15-24-4-10-26(30(32)17-24)20-35-28-13-7-22(18-33)8-14-28/h1,3-14,16-17H,15,19-20H2. The Labute approximate surface area is 203 Å². The second-order valence-electron chi connectivity index (χ2n) is 7.91. The average Bonchev–Trinajstić information content (AvgIpc) is 2.88. The predicted molar refractivity (Wildman–Crippen MR) is 130 cm³/mol. The van der Waals surface area contributed by atoms with Gasteiger partial charge in [-0.15, -0.1) is 6.42 Å². The molecule has 0 aliphatic rings. The summed E-state index contributed by atoms with van der Waals surface area (Å²) in [6.45, 7) is 0.150. The topological polar surface area (TPSA) is 42.2 Å². The highest BCUT2D eigenvalue weighted by atomic mass is 19.1. The molecule has 0 atom stereocenters. The monoisotopic (exact) mass is 465 g/mol. The molecule has 0 aliphatic carbocycles. The molecule has 0 aromatic heterocycles. The minimum Gasteiger partial charge on any atom is -0.489 e. The van der Waals surface area contributed by atoms with Crippen LogP contribution in [0.1, 0.15) is 33.4 Å². The van der Waals surface area contributed by atoms with E-state index in [-0.39, 0.29) is 19.0 Å². The third-order valence-corrected chi connectivity index (χ3v) is 5.44. The fourth-order valence-electron chi connectivity index (χ4n) is 3.47. The Bertz CT molecular complexity index is 1290. The maximum absolute atomic E-state index is 14.6. The Balaban J connectivity index is 1.35. The number of nitriles is 1. The minimum atomic E-state index is -0.391. The molecule has 0 radical (unpaired) electrons. The molecule has 172 valence electrons. The predicted octanol–water partition coefficient (Wildman–Crippen LogP) is 6.57. The van der Waals surface area contributed by atoms with Gasteiger partial charge < -0.3 is 9.47 Å². The molecule has 4 aromatic rings. The van der Waals surface area contributed by atoms with Crippen molar-refractivity contribution < 1.29 is 18.3 Å². The first-order valence-electron chi connectivity index (χ1n) is 10.9. The summed E-state index contributed by atoms with van der Waals surface area (Å²) in [6.07, 6.45) is 5.73. The summed E-state index contributed by atoms with van der Waals surface area (Å²) in [5, 5.41) is 8.84. The molecule has 0 bridgehead atoms. The van der Waals surface area contributed by atoms with Gasteiger partial charge in [-0.3, -0.25) is 0 Å². The molecule has 0 fully saturated rings. The lowest BCUT2D eigenvalue weighted by atomic mass is 10.0. The molecule has 0 saturated carbocycles. The Hall–Kier alpha value is -4.61. The van der Waals surface area contributed by atoms with Gasteiger partial charge in [-0.25, -0.2) is 8.78 Å². The van der Waals surface area contributed by atoms with Crippen LogP contribution in [-0.2, 0) is 19.6 Å². The largest absolute Gasteiger partial charge is 0.489 e. The molecule has 3 nitrogen and oxygen atoms in total. The van der Waals surface area contributed by atoms with E-state index in [4.69, 9.17) is 21.2 Å². The third kappa shape index (κ3) is 6.25. The Morgan fingerprint density at radius 1 is 0.657 bits per heavy atom. The summed E-state index contributed by atoms with van der Waals surface area (Å²) in [5.74, 6) is 2.92. The first kappa shape index (κ1) is 23.5. The van der Waals surface area contributed by atoms with Crippen molar-refractivity contribution in [3.8, 4) is 29.9 Å². The zero-order valence-electron chi connectivity index (χ0n) is 18.8. The summed E-state index contributed by atoms with van der Waals surface area (Å²) in [5.41, 5.74) is 3.56. The van der Waals surface area contributed by atoms with Crippen LogP contribution < -0.4 is 9.47 Å². The Kier molecular flexibility index (Phi) is 7.40. The molecule has 0 amide bonds. The Morgan fingerprint density at radius 2 is 1.11 bits per heavy atom. The number of nitrogens with zero attached hydrogens (tertiary/aromatic N) is 1. The number of hydrogen-bond acceptors (Lipinski definition) is 3. The van der Waals surface area contributed by atoms with Crippen LogP contribution in [0.3, 0.4) is 0 Å². The van der Waals surface area contributed by atoms with Gasteiger partial charge >= 0.3 is 0 Å². The fourth-order valence-corrected chi connectivity index (χ4v) is 3.47. The maximum Gasteiger partial charge on any atom is 0.130 e. The maximum atomic E-state index is 14.6. The van der Waals surface area contributed by atoms with Crippen molar-refractivity contribution in [2.75, 3.05) is 0 Å². The normalized spacial score (nSPS) is 10.3. The smallest absolute Gasteiger partial charge is 0.130 e. The van der Waals surface area contributed by atoms with Crippen molar-refractivity contribution in [3.05, 3.63) is 130 Å². The van der Waals surface area contributed by atoms with Gasteiger partial charge in [-0.1, -0.05) is 30.2 Å². The van der Waals surface area contributed by atoms with E-state index in [1.807, 2.05) is 12.1 Å². The molecular weight excluding hydrogens is 444 g/mol. The van der Waals surface area contributed by atoms with E-state index in [2.05, 4.69) is 5.92 Å². The number of hydrogen-bond donors (Lipinski definition) is 0. The SMILES string of the molecule is C#Cc1ccc(OCc2ccc(Cc3ccc(COc4ccc(C#N)cc4)c(F)c3)cc2F)cc1. The van der Waals surface area contributed by atoms with Crippen LogP contribution in [0.4, 0.5) is 8.78 Å². The van der Waals surface area contributed by atoms with Crippen LogP contribution in [0.25, 0.3) is 0 Å². The Morgan fingerprint density at radius 3 is 1.51 bits per heavy atom. The van der Waals surface area contributed by atoms with E-state index in [0.717, 1.165) is 16.7 Å². The minimum absolute atomic E-state index is 0.0623. The van der Waals surface area contributed by atoms with Gasteiger partial charge in [0.2, 0.25) is 0 Å². The van der Waals surface area contributed by atoms with Crippen molar-refractivity contribution in [2.45, 2.75) is 19.6 Å². The van der Waals surface area contributed by atoms with Crippen LogP contribution >= 0.6 is 0 Å². The number of terminal acetylenes is 1. The van der Waals surface area contributed by atoms with Crippen molar-refractivity contribution in [2.24, 2.45) is 0 Å². The van der Waals surface area contributed by atoms with Crippen LogP contribution in [0.2, 0.25) is 0 Å². The molecule has 0 saturated heterocycles. The second-order valence-corrected chi connectivity index (χ2v) is 7.91. The number of rotatable bonds is 8. The molecule has 35 heavy (non-hydrogen) atoms. The summed E-state index contributed by atoms with van der Waals surface area (Å²) in [6, 6.07) is 25.5. The summed E-state index contributed by atoms with van der Waals surface area (Å²) in [7, 11) is 0. The van der Waals surface area contributed by atoms with Gasteiger partial charge in [0.25, 0.3) is 0 Å². The lowest BCUT2D eigenvalue weighted by Gasteiger charge is -2.10. The molecule has 0 aliphatic heterocycles. The van der Waals surface area contributed by atoms with Crippen molar-refractivity contribution in [1.29, 1.82) is 5.26 Å². The second kappa shape index (κ2) is 11.0. The van der Waals surface area contributed by atoms with Gasteiger partial charge in [-0.2, -0.15) is 5.26 Å². The average molecular weight is 465 g/mol. The van der Waals surface area contributed by atoms with E-state index < -0.39 is 5.82 Å². The lowest BCUT2D eigenvalue weighted by Crippen LogP contribution is -2.01. The molecule has 0 unspecified atom stereocenters. The van der Waals surface area contributed by atoms with E-state index >= 15 is 0 Å². The first-order valence-corrected chi connectivity index (χ1v) is 10.9. The molecule has 5 heteroatoms. The summed E-state index contributed by atoms with van der Waals surface area (Å²) in [4.78, 5) is 0. The van der Waals surface area contributed by atoms with Crippen LogP contribution in [0, 0.1) is 35.3 Å². The van der Waals surface area contributed by atoms with Crippen LogP contribution in [-0.4, -0.2) is 0 Å². The van der Waals surface area contributed by atoms with E-state index in [1.54, 1.807) is 66.7 Å². The number of ether oxygens (including phenoxy) is 2. The molecule has 0 N–H and O–H groups in total. The van der Waals surface area contributed by atoms with E-state index in [1.165, 1.54) is 12.1 Å². The summed E-state index contributed by atoms with van der Waals surface area (Å²) < 4.78 is 40.5. The van der Waals surface area contributed by atoms with Gasteiger partial charge in [0.15, 0.2) is 0 Å². The highest BCUT2D eigenvalue weighted by Crippen LogP contribution is 2.20.